The predicted molar refractivity (Wildman–Crippen MR) is 158 cm³/mol. The van der Waals surface area contributed by atoms with Crippen molar-refractivity contribution in [1.29, 1.82) is 0 Å². The molecule has 2 fully saturated rings. The van der Waals surface area contributed by atoms with Gasteiger partial charge >= 0.3 is 18.1 Å². The Morgan fingerprint density at radius 1 is 0.978 bits per heavy atom. The van der Waals surface area contributed by atoms with Crippen molar-refractivity contribution in [3.05, 3.63) is 88.0 Å². The number of ether oxygens (including phenoxy) is 1. The van der Waals surface area contributed by atoms with Gasteiger partial charge in [0.1, 0.15) is 5.60 Å². The number of fused-ring (bicyclic) bond motifs is 4. The molecule has 46 heavy (non-hydrogen) atoms. The minimum Gasteiger partial charge on any atom is -0.465 e. The molecule has 0 spiro atoms. The van der Waals surface area contributed by atoms with Gasteiger partial charge in [-0.2, -0.15) is 22.0 Å². The number of amides is 1. The summed E-state index contributed by atoms with van der Waals surface area (Å²) < 4.78 is 76.6. The molecule has 0 bridgehead atoms. The van der Waals surface area contributed by atoms with Crippen LogP contribution in [0.3, 0.4) is 0 Å². The second kappa shape index (κ2) is 11.1. The maximum Gasteiger partial charge on any atom is 0.456 e. The van der Waals surface area contributed by atoms with Gasteiger partial charge in [0.15, 0.2) is 5.78 Å². The zero-order valence-electron chi connectivity index (χ0n) is 25.3. The average molecular weight is 644 g/mol. The van der Waals surface area contributed by atoms with Crippen LogP contribution in [0.4, 0.5) is 27.6 Å². The summed E-state index contributed by atoms with van der Waals surface area (Å²) in [6.45, 7) is 1.37. The van der Waals surface area contributed by atoms with E-state index in [0.717, 1.165) is 16.7 Å². The van der Waals surface area contributed by atoms with Crippen LogP contribution in [0.1, 0.15) is 84.1 Å². The fourth-order valence-electron chi connectivity index (χ4n) is 8.63. The summed E-state index contributed by atoms with van der Waals surface area (Å²) in [6.07, 6.45) is -3.36. The highest BCUT2D eigenvalue weighted by Crippen LogP contribution is 2.70. The van der Waals surface area contributed by atoms with Crippen molar-refractivity contribution < 1.29 is 46.2 Å². The van der Waals surface area contributed by atoms with Gasteiger partial charge in [0.05, 0.1) is 12.7 Å². The third kappa shape index (κ3) is 4.89. The van der Waals surface area contributed by atoms with Gasteiger partial charge in [-0.15, -0.1) is 0 Å². The van der Waals surface area contributed by atoms with E-state index in [1.54, 1.807) is 48.5 Å². The smallest absolute Gasteiger partial charge is 0.456 e. The van der Waals surface area contributed by atoms with Crippen LogP contribution in [0.5, 0.6) is 0 Å². The van der Waals surface area contributed by atoms with Crippen LogP contribution in [-0.2, 0) is 9.53 Å². The van der Waals surface area contributed by atoms with Crippen molar-refractivity contribution in [3.8, 4) is 0 Å². The average Bonchev–Trinajstić information content (AvgIpc) is 3.30. The standard InChI is InChI=1S/C35H34F5NO5/c1-32-18-27(19-6-8-20(9-7-19)30(43)41-23-5-3-4-22(16-23)31(44)46-2)29-25-13-11-24(42)17-21(25)10-12-26(29)28(32)14-15-33(32,45)34(36,37)35(38,39)40/h3-9,16-17,26-28,45H,10-15,18H2,1-2H3,(H,41,43)/t26-,27+,28-,32-,33-/m0/s1. The quantitative estimate of drug-likeness (QED) is 0.259. The highest BCUT2D eigenvalue weighted by Gasteiger charge is 2.79. The molecule has 2 aromatic carbocycles. The lowest BCUT2D eigenvalue weighted by Crippen LogP contribution is -2.65. The number of rotatable bonds is 5. The number of aliphatic hydroxyl groups is 1. The van der Waals surface area contributed by atoms with Crippen LogP contribution in [0.15, 0.2) is 71.3 Å². The van der Waals surface area contributed by atoms with Crippen LogP contribution < -0.4 is 5.32 Å². The predicted octanol–water partition coefficient (Wildman–Crippen LogP) is 7.55. The first-order valence-corrected chi connectivity index (χ1v) is 15.3. The van der Waals surface area contributed by atoms with E-state index in [-0.39, 0.29) is 42.1 Å². The SMILES string of the molecule is COC(=O)c1cccc(NC(=O)c2ccc([C@H]3C[C@@]4(C)[C@@H](CC[C@@]4(O)C(F)(F)C(F)(F)F)[C@@H]4CCC5=CC(=O)CCC5=C43)cc2)c1. The summed E-state index contributed by atoms with van der Waals surface area (Å²) in [5, 5.41) is 14.2. The van der Waals surface area contributed by atoms with E-state index < -0.39 is 53.2 Å². The summed E-state index contributed by atoms with van der Waals surface area (Å²) >= 11 is 0. The van der Waals surface area contributed by atoms with Crippen LogP contribution in [0.2, 0.25) is 0 Å². The van der Waals surface area contributed by atoms with Gasteiger partial charge in [-0.05, 0) is 103 Å². The maximum atomic E-state index is 15.2. The summed E-state index contributed by atoms with van der Waals surface area (Å²) in [5.74, 6) is -7.91. The Labute approximate surface area is 262 Å². The number of esters is 1. The summed E-state index contributed by atoms with van der Waals surface area (Å²) in [6, 6.07) is 12.6. The Morgan fingerprint density at radius 3 is 2.37 bits per heavy atom. The number of benzene rings is 2. The van der Waals surface area contributed by atoms with Crippen LogP contribution in [-0.4, -0.2) is 47.6 Å². The normalized spacial score (nSPS) is 29.3. The van der Waals surface area contributed by atoms with Crippen molar-refractivity contribution in [2.45, 2.75) is 75.5 Å². The Kier molecular flexibility index (Phi) is 7.77. The first-order chi connectivity index (χ1) is 21.6. The number of hydrogen-bond acceptors (Lipinski definition) is 5. The molecular formula is C35H34F5NO5. The number of halogens is 5. The van der Waals surface area contributed by atoms with E-state index in [1.807, 2.05) is 0 Å². The summed E-state index contributed by atoms with van der Waals surface area (Å²) in [4.78, 5) is 37.2. The van der Waals surface area contributed by atoms with E-state index in [4.69, 9.17) is 4.74 Å². The molecule has 2 N–H and O–H groups in total. The summed E-state index contributed by atoms with van der Waals surface area (Å²) in [5.41, 5.74) is -0.775. The van der Waals surface area contributed by atoms with E-state index in [0.29, 0.717) is 30.5 Å². The van der Waals surface area contributed by atoms with Gasteiger partial charge in [-0.1, -0.05) is 30.7 Å². The molecule has 0 radical (unpaired) electrons. The van der Waals surface area contributed by atoms with Gasteiger partial charge in [0.2, 0.25) is 0 Å². The number of anilines is 1. The lowest BCUT2D eigenvalue weighted by molar-refractivity contribution is -0.362. The number of ketones is 1. The number of carbonyl (C=O) groups is 3. The molecular weight excluding hydrogens is 609 g/mol. The van der Waals surface area contributed by atoms with Crippen molar-refractivity contribution in [2.75, 3.05) is 12.4 Å². The van der Waals surface area contributed by atoms with E-state index in [9.17, 15) is 32.7 Å². The number of nitrogens with one attached hydrogen (secondary N) is 1. The Morgan fingerprint density at radius 2 is 1.70 bits per heavy atom. The van der Waals surface area contributed by atoms with Crippen LogP contribution in [0.25, 0.3) is 0 Å². The van der Waals surface area contributed by atoms with E-state index in [1.165, 1.54) is 20.1 Å². The van der Waals surface area contributed by atoms with Crippen molar-refractivity contribution in [3.63, 3.8) is 0 Å². The fraction of sp³-hybridized carbons (Fsp3) is 0.457. The van der Waals surface area contributed by atoms with Crippen molar-refractivity contribution in [2.24, 2.45) is 17.3 Å². The molecule has 244 valence electrons. The van der Waals surface area contributed by atoms with E-state index in [2.05, 4.69) is 5.32 Å². The topological polar surface area (TPSA) is 92.7 Å². The molecule has 2 aromatic rings. The molecule has 1 amide bonds. The van der Waals surface area contributed by atoms with Crippen LogP contribution in [0, 0.1) is 17.3 Å². The number of hydrogen-bond donors (Lipinski definition) is 2. The molecule has 4 aliphatic rings. The highest BCUT2D eigenvalue weighted by atomic mass is 19.4. The molecule has 0 heterocycles. The van der Waals surface area contributed by atoms with Crippen molar-refractivity contribution in [1.82, 2.24) is 0 Å². The molecule has 2 saturated carbocycles. The molecule has 0 aromatic heterocycles. The first-order valence-electron chi connectivity index (χ1n) is 15.3. The van der Waals surface area contributed by atoms with E-state index >= 15 is 8.78 Å². The van der Waals surface area contributed by atoms with Gasteiger partial charge in [0, 0.05) is 29.0 Å². The zero-order valence-corrected chi connectivity index (χ0v) is 25.3. The molecule has 0 aliphatic heterocycles. The molecule has 6 rings (SSSR count). The number of allylic oxidation sites excluding steroid dienone is 4. The van der Waals surface area contributed by atoms with Gasteiger partial charge in [-0.3, -0.25) is 9.59 Å². The zero-order chi connectivity index (χ0) is 33.2. The summed E-state index contributed by atoms with van der Waals surface area (Å²) in [7, 11) is 1.24. The molecule has 4 aliphatic carbocycles. The van der Waals surface area contributed by atoms with Gasteiger partial charge in [-0.25, -0.2) is 4.79 Å². The monoisotopic (exact) mass is 643 g/mol. The molecule has 0 saturated heterocycles. The highest BCUT2D eigenvalue weighted by molar-refractivity contribution is 6.05. The van der Waals surface area contributed by atoms with Gasteiger partial charge < -0.3 is 15.2 Å². The second-order valence-corrected chi connectivity index (χ2v) is 13.1. The van der Waals surface area contributed by atoms with Gasteiger partial charge in [0.25, 0.3) is 5.91 Å². The number of methoxy groups -OCH3 is 1. The Balaban J connectivity index is 1.38. The molecule has 11 heteroatoms. The van der Waals surface area contributed by atoms with Crippen molar-refractivity contribution >= 4 is 23.3 Å². The third-order valence-corrected chi connectivity index (χ3v) is 10.9. The molecule has 5 atom stereocenters. The molecule has 6 nitrogen and oxygen atoms in total. The second-order valence-electron chi connectivity index (χ2n) is 13.1. The number of carbonyl (C=O) groups excluding carboxylic acids is 3. The fourth-order valence-corrected chi connectivity index (χ4v) is 8.63. The third-order valence-electron chi connectivity index (χ3n) is 10.9. The minimum absolute atomic E-state index is 0.00236. The molecule has 0 unspecified atom stereocenters. The lowest BCUT2D eigenvalue weighted by Gasteiger charge is -2.56. The largest absolute Gasteiger partial charge is 0.465 e. The maximum absolute atomic E-state index is 15.2. The lowest BCUT2D eigenvalue weighted by atomic mass is 9.50. The van der Waals surface area contributed by atoms with Crippen LogP contribution >= 0.6 is 0 Å². The Hall–Kier alpha value is -3.86. The minimum atomic E-state index is -5.93. The first kappa shape index (κ1) is 32.1. The Bertz CT molecular complexity index is 1660. The number of alkyl halides is 5.